The molecule has 0 atom stereocenters. The summed E-state index contributed by atoms with van der Waals surface area (Å²) in [6.07, 6.45) is 3.01. The van der Waals surface area contributed by atoms with Gasteiger partial charge in [0, 0.05) is 0 Å². The summed E-state index contributed by atoms with van der Waals surface area (Å²) in [4.78, 5) is 11.5. The quantitative estimate of drug-likeness (QED) is 0.354. The SMILES string of the molecule is S=c1nc[nH]c2c1ncn2COC(COCc1ccccc1)COCc1ccccc1. The number of H-pyrrole nitrogens is 1. The highest BCUT2D eigenvalue weighted by Gasteiger charge is 2.13. The lowest BCUT2D eigenvalue weighted by molar-refractivity contribution is -0.0866. The second kappa shape index (κ2) is 10.9. The van der Waals surface area contributed by atoms with Crippen molar-refractivity contribution in [2.75, 3.05) is 13.2 Å². The molecule has 2 heterocycles. The number of imidazole rings is 1. The average Bonchev–Trinajstić information content (AvgIpc) is 3.23. The molecule has 0 fully saturated rings. The summed E-state index contributed by atoms with van der Waals surface area (Å²) >= 11 is 5.22. The van der Waals surface area contributed by atoms with Crippen molar-refractivity contribution in [3.63, 3.8) is 0 Å². The number of aromatic amines is 1. The Hall–Kier alpha value is -2.91. The first-order chi connectivity index (χ1) is 15.3. The molecule has 160 valence electrons. The zero-order valence-corrected chi connectivity index (χ0v) is 17.8. The van der Waals surface area contributed by atoms with E-state index < -0.39 is 0 Å². The molecule has 7 nitrogen and oxygen atoms in total. The van der Waals surface area contributed by atoms with Crippen molar-refractivity contribution >= 4 is 23.4 Å². The van der Waals surface area contributed by atoms with Crippen LogP contribution >= 0.6 is 12.2 Å². The first-order valence-corrected chi connectivity index (χ1v) is 10.4. The van der Waals surface area contributed by atoms with Crippen LogP contribution in [0, 0.1) is 4.64 Å². The predicted molar refractivity (Wildman–Crippen MR) is 120 cm³/mol. The lowest BCUT2D eigenvalue weighted by Crippen LogP contribution is -2.26. The van der Waals surface area contributed by atoms with Crippen LogP contribution in [-0.2, 0) is 34.2 Å². The van der Waals surface area contributed by atoms with E-state index in [0.29, 0.717) is 43.3 Å². The Bertz CT molecular complexity index is 1090. The fraction of sp³-hybridized carbons (Fsp3) is 0.261. The van der Waals surface area contributed by atoms with E-state index >= 15 is 0 Å². The van der Waals surface area contributed by atoms with Crippen molar-refractivity contribution < 1.29 is 14.2 Å². The van der Waals surface area contributed by atoms with Crippen LogP contribution in [0.5, 0.6) is 0 Å². The fourth-order valence-electron chi connectivity index (χ4n) is 3.10. The molecule has 0 radical (unpaired) electrons. The maximum atomic E-state index is 6.11. The monoisotopic (exact) mass is 436 g/mol. The van der Waals surface area contributed by atoms with Crippen LogP contribution in [0.2, 0.25) is 0 Å². The van der Waals surface area contributed by atoms with E-state index in [-0.39, 0.29) is 6.10 Å². The predicted octanol–water partition coefficient (Wildman–Crippen LogP) is 4.27. The molecule has 0 spiro atoms. The fourth-order valence-corrected chi connectivity index (χ4v) is 3.30. The summed E-state index contributed by atoms with van der Waals surface area (Å²) in [5.74, 6) is 0. The number of hydrogen-bond donors (Lipinski definition) is 1. The zero-order valence-electron chi connectivity index (χ0n) is 17.0. The molecule has 0 aliphatic carbocycles. The van der Waals surface area contributed by atoms with Gasteiger partial charge < -0.3 is 19.2 Å². The van der Waals surface area contributed by atoms with Crippen LogP contribution in [0.1, 0.15) is 11.1 Å². The van der Waals surface area contributed by atoms with Crippen LogP contribution in [-0.4, -0.2) is 38.8 Å². The number of benzene rings is 2. The number of nitrogens with zero attached hydrogens (tertiary/aromatic N) is 3. The molecule has 2 aromatic carbocycles. The summed E-state index contributed by atoms with van der Waals surface area (Å²) in [5.41, 5.74) is 3.66. The molecule has 0 saturated heterocycles. The number of nitrogens with one attached hydrogen (secondary N) is 1. The number of fused-ring (bicyclic) bond motifs is 1. The Balaban J connectivity index is 1.35. The van der Waals surface area contributed by atoms with Crippen LogP contribution < -0.4 is 0 Å². The summed E-state index contributed by atoms with van der Waals surface area (Å²) in [6, 6.07) is 20.1. The summed E-state index contributed by atoms with van der Waals surface area (Å²) in [7, 11) is 0. The third kappa shape index (κ3) is 6.05. The van der Waals surface area contributed by atoms with Crippen molar-refractivity contribution in [3.05, 3.63) is 89.1 Å². The molecule has 0 unspecified atom stereocenters. The van der Waals surface area contributed by atoms with Crippen molar-refractivity contribution in [1.82, 2.24) is 19.5 Å². The van der Waals surface area contributed by atoms with Crippen LogP contribution in [0.3, 0.4) is 0 Å². The lowest BCUT2D eigenvalue weighted by Gasteiger charge is -2.19. The summed E-state index contributed by atoms with van der Waals surface area (Å²) in [5, 5.41) is 0. The molecule has 0 aliphatic heterocycles. The van der Waals surface area contributed by atoms with Gasteiger partial charge in [0.25, 0.3) is 0 Å². The van der Waals surface area contributed by atoms with E-state index in [1.165, 1.54) is 0 Å². The molecule has 0 aliphatic rings. The van der Waals surface area contributed by atoms with Gasteiger partial charge >= 0.3 is 0 Å². The van der Waals surface area contributed by atoms with Gasteiger partial charge in [-0.1, -0.05) is 72.9 Å². The number of rotatable bonds is 11. The van der Waals surface area contributed by atoms with Gasteiger partial charge in [0.15, 0.2) is 4.64 Å². The van der Waals surface area contributed by atoms with E-state index in [9.17, 15) is 0 Å². The minimum absolute atomic E-state index is 0.241. The zero-order chi connectivity index (χ0) is 21.3. The van der Waals surface area contributed by atoms with Crippen LogP contribution in [0.25, 0.3) is 11.2 Å². The Labute approximate surface area is 185 Å². The third-order valence-electron chi connectivity index (χ3n) is 4.70. The van der Waals surface area contributed by atoms with Gasteiger partial charge in [-0.3, -0.25) is 4.57 Å². The van der Waals surface area contributed by atoms with Crippen molar-refractivity contribution in [3.8, 4) is 0 Å². The maximum absolute atomic E-state index is 6.11. The smallest absolute Gasteiger partial charge is 0.157 e. The second-order valence-corrected chi connectivity index (χ2v) is 7.43. The lowest BCUT2D eigenvalue weighted by atomic mass is 10.2. The highest BCUT2D eigenvalue weighted by molar-refractivity contribution is 7.71. The largest absolute Gasteiger partial charge is 0.374 e. The van der Waals surface area contributed by atoms with E-state index in [0.717, 1.165) is 16.8 Å². The van der Waals surface area contributed by atoms with Gasteiger partial charge in [-0.05, 0) is 11.1 Å². The Morgan fingerprint density at radius 3 is 2.10 bits per heavy atom. The Kier molecular flexibility index (Phi) is 7.51. The molecule has 8 heteroatoms. The first-order valence-electron chi connectivity index (χ1n) is 10.0. The van der Waals surface area contributed by atoms with Crippen molar-refractivity contribution in [2.24, 2.45) is 0 Å². The summed E-state index contributed by atoms with van der Waals surface area (Å²) in [6.45, 7) is 2.15. The molecule has 4 rings (SSSR count). The standard InChI is InChI=1S/C23H24N4O3S/c31-23-21-22(24-15-25-23)27(16-26-21)17-30-20(13-28-11-18-7-3-1-4-8-18)14-29-12-19-9-5-2-6-10-19/h1-10,15-16,20H,11-14,17H2,(H,24,25,31). The van der Waals surface area contributed by atoms with Gasteiger partial charge in [-0.15, -0.1) is 0 Å². The maximum Gasteiger partial charge on any atom is 0.157 e. The Morgan fingerprint density at radius 2 is 1.48 bits per heavy atom. The molecule has 0 saturated carbocycles. The molecular formula is C23H24N4O3S. The Morgan fingerprint density at radius 1 is 0.871 bits per heavy atom. The molecule has 0 bridgehead atoms. The summed E-state index contributed by atoms with van der Waals surface area (Å²) < 4.78 is 20.2. The molecule has 2 aromatic heterocycles. The van der Waals surface area contributed by atoms with Crippen molar-refractivity contribution in [1.29, 1.82) is 0 Å². The second-order valence-electron chi connectivity index (χ2n) is 7.04. The molecule has 31 heavy (non-hydrogen) atoms. The van der Waals surface area contributed by atoms with E-state index in [1.807, 2.05) is 65.2 Å². The topological polar surface area (TPSA) is 74.2 Å². The molecule has 4 aromatic rings. The number of aromatic nitrogens is 4. The minimum atomic E-state index is -0.241. The van der Waals surface area contributed by atoms with Gasteiger partial charge in [0.05, 0.1) is 39.1 Å². The molecule has 1 N–H and O–H groups in total. The number of ether oxygens (including phenoxy) is 3. The third-order valence-corrected chi connectivity index (χ3v) is 5.00. The first kappa shape index (κ1) is 21.3. The van der Waals surface area contributed by atoms with Crippen LogP contribution in [0.4, 0.5) is 0 Å². The minimum Gasteiger partial charge on any atom is -0.374 e. The van der Waals surface area contributed by atoms with Crippen LogP contribution in [0.15, 0.2) is 73.3 Å². The number of hydrogen-bond acceptors (Lipinski definition) is 6. The average molecular weight is 437 g/mol. The highest BCUT2D eigenvalue weighted by Crippen LogP contribution is 2.11. The van der Waals surface area contributed by atoms with Gasteiger partial charge in [-0.25, -0.2) is 9.97 Å². The van der Waals surface area contributed by atoms with Gasteiger partial charge in [0.2, 0.25) is 0 Å². The van der Waals surface area contributed by atoms with Gasteiger partial charge in [0.1, 0.15) is 24.0 Å². The van der Waals surface area contributed by atoms with E-state index in [2.05, 4.69) is 15.0 Å². The van der Waals surface area contributed by atoms with Gasteiger partial charge in [-0.2, -0.15) is 0 Å². The molecular weight excluding hydrogens is 412 g/mol. The van der Waals surface area contributed by atoms with Crippen molar-refractivity contribution in [2.45, 2.75) is 26.0 Å². The normalized spacial score (nSPS) is 11.4. The highest BCUT2D eigenvalue weighted by atomic mass is 32.1. The van der Waals surface area contributed by atoms with E-state index in [1.54, 1.807) is 12.7 Å². The molecule has 0 amide bonds. The van der Waals surface area contributed by atoms with E-state index in [4.69, 9.17) is 26.4 Å².